The van der Waals surface area contributed by atoms with E-state index in [-0.39, 0.29) is 11.9 Å². The highest BCUT2D eigenvalue weighted by molar-refractivity contribution is 5.94. The smallest absolute Gasteiger partial charge is 0.251 e. The van der Waals surface area contributed by atoms with Gasteiger partial charge in [-0.2, -0.15) is 0 Å². The first kappa shape index (κ1) is 16.2. The predicted molar refractivity (Wildman–Crippen MR) is 99.1 cm³/mol. The quantitative estimate of drug-likeness (QED) is 0.676. The van der Waals surface area contributed by atoms with E-state index in [0.717, 1.165) is 6.54 Å². The van der Waals surface area contributed by atoms with Crippen molar-refractivity contribution in [2.24, 2.45) is 0 Å². The summed E-state index contributed by atoms with van der Waals surface area (Å²) in [6.45, 7) is 3.48. The van der Waals surface area contributed by atoms with Gasteiger partial charge in [-0.25, -0.2) is 0 Å². The molecule has 0 radical (unpaired) electrons. The van der Waals surface area contributed by atoms with E-state index in [1.807, 2.05) is 30.3 Å². The Morgan fingerprint density at radius 2 is 1.58 bits per heavy atom. The maximum Gasteiger partial charge on any atom is 0.251 e. The number of rotatable bonds is 6. The van der Waals surface area contributed by atoms with Crippen LogP contribution in [0.25, 0.3) is 10.8 Å². The van der Waals surface area contributed by atoms with Gasteiger partial charge in [0.2, 0.25) is 0 Å². The summed E-state index contributed by atoms with van der Waals surface area (Å²) >= 11 is 0. The third-order valence-corrected chi connectivity index (χ3v) is 4.19. The molecule has 0 aliphatic carbocycles. The first-order chi connectivity index (χ1) is 11.8. The van der Waals surface area contributed by atoms with Crippen molar-refractivity contribution in [3.05, 3.63) is 83.9 Å². The number of carbonyl (C=O) groups is 1. The first-order valence-corrected chi connectivity index (χ1v) is 8.30. The maximum atomic E-state index is 12.0. The van der Waals surface area contributed by atoms with E-state index in [1.54, 1.807) is 0 Å². The molecule has 1 atom stereocenters. The number of benzene rings is 3. The third-order valence-electron chi connectivity index (χ3n) is 4.19. The van der Waals surface area contributed by atoms with Crippen LogP contribution in [0.4, 0.5) is 0 Å². The Balaban J connectivity index is 1.54. The maximum absolute atomic E-state index is 12.0. The second-order valence-electron chi connectivity index (χ2n) is 5.87. The molecule has 122 valence electrons. The largest absolute Gasteiger partial charge is 0.351 e. The van der Waals surface area contributed by atoms with Crippen LogP contribution in [0, 0.1) is 0 Å². The molecule has 1 amide bonds. The fourth-order valence-electron chi connectivity index (χ4n) is 2.89. The normalized spacial score (nSPS) is 12.0. The van der Waals surface area contributed by atoms with Crippen molar-refractivity contribution in [1.29, 1.82) is 0 Å². The van der Waals surface area contributed by atoms with Crippen LogP contribution in [0.1, 0.15) is 28.9 Å². The van der Waals surface area contributed by atoms with Crippen molar-refractivity contribution in [2.45, 2.75) is 13.0 Å². The van der Waals surface area contributed by atoms with Crippen LogP contribution in [0.3, 0.4) is 0 Å². The van der Waals surface area contributed by atoms with Crippen molar-refractivity contribution in [2.75, 3.05) is 13.1 Å². The van der Waals surface area contributed by atoms with Gasteiger partial charge in [-0.1, -0.05) is 60.7 Å². The summed E-state index contributed by atoms with van der Waals surface area (Å²) in [4.78, 5) is 12.0. The molecule has 0 aromatic heterocycles. The Kier molecular flexibility index (Phi) is 5.24. The van der Waals surface area contributed by atoms with Crippen LogP contribution in [0.15, 0.2) is 72.8 Å². The van der Waals surface area contributed by atoms with E-state index in [4.69, 9.17) is 0 Å². The van der Waals surface area contributed by atoms with E-state index in [2.05, 4.69) is 60.0 Å². The molecule has 3 rings (SSSR count). The average Bonchev–Trinajstić information content (AvgIpc) is 2.65. The molecule has 0 fully saturated rings. The fourth-order valence-corrected chi connectivity index (χ4v) is 2.89. The van der Waals surface area contributed by atoms with E-state index >= 15 is 0 Å². The van der Waals surface area contributed by atoms with E-state index < -0.39 is 0 Å². The van der Waals surface area contributed by atoms with Gasteiger partial charge in [-0.15, -0.1) is 0 Å². The first-order valence-electron chi connectivity index (χ1n) is 8.30. The molecule has 3 aromatic carbocycles. The molecular weight excluding hydrogens is 296 g/mol. The van der Waals surface area contributed by atoms with Crippen LogP contribution in [-0.4, -0.2) is 19.0 Å². The minimum atomic E-state index is -0.0322. The van der Waals surface area contributed by atoms with Gasteiger partial charge >= 0.3 is 0 Å². The second kappa shape index (κ2) is 7.75. The molecule has 24 heavy (non-hydrogen) atoms. The summed E-state index contributed by atoms with van der Waals surface area (Å²) in [7, 11) is 0. The topological polar surface area (TPSA) is 41.1 Å². The zero-order valence-electron chi connectivity index (χ0n) is 13.8. The third kappa shape index (κ3) is 3.81. The molecular formula is C21H22N2O. The summed E-state index contributed by atoms with van der Waals surface area (Å²) in [5.41, 5.74) is 1.97. The summed E-state index contributed by atoms with van der Waals surface area (Å²) in [6.07, 6.45) is 0. The molecule has 3 aromatic rings. The SMILES string of the molecule is C[C@H](NCCNC(=O)c1ccccc1)c1cccc2ccccc12. The molecule has 0 saturated heterocycles. The average molecular weight is 318 g/mol. The highest BCUT2D eigenvalue weighted by Crippen LogP contribution is 2.23. The van der Waals surface area contributed by atoms with Crippen molar-refractivity contribution < 1.29 is 4.79 Å². The Morgan fingerprint density at radius 3 is 2.42 bits per heavy atom. The van der Waals surface area contributed by atoms with Crippen molar-refractivity contribution in [3.8, 4) is 0 Å². The number of hydrogen-bond donors (Lipinski definition) is 2. The lowest BCUT2D eigenvalue weighted by atomic mass is 10.00. The number of nitrogens with one attached hydrogen (secondary N) is 2. The monoisotopic (exact) mass is 318 g/mol. The molecule has 0 aliphatic rings. The van der Waals surface area contributed by atoms with Gasteiger partial charge in [0.1, 0.15) is 0 Å². The van der Waals surface area contributed by atoms with Crippen molar-refractivity contribution in [1.82, 2.24) is 10.6 Å². The van der Waals surface area contributed by atoms with Crippen LogP contribution < -0.4 is 10.6 Å². The van der Waals surface area contributed by atoms with E-state index in [9.17, 15) is 4.79 Å². The van der Waals surface area contributed by atoms with Gasteiger partial charge in [0.25, 0.3) is 5.91 Å². The summed E-state index contributed by atoms with van der Waals surface area (Å²) in [6, 6.07) is 24.3. The van der Waals surface area contributed by atoms with Crippen LogP contribution in [0.2, 0.25) is 0 Å². The minimum absolute atomic E-state index is 0.0322. The second-order valence-corrected chi connectivity index (χ2v) is 5.87. The Labute approximate surface area is 142 Å². The lowest BCUT2D eigenvalue weighted by Gasteiger charge is -2.17. The number of hydrogen-bond acceptors (Lipinski definition) is 2. The molecule has 0 aliphatic heterocycles. The Morgan fingerprint density at radius 1 is 0.875 bits per heavy atom. The van der Waals surface area contributed by atoms with Crippen LogP contribution >= 0.6 is 0 Å². The highest BCUT2D eigenvalue weighted by Gasteiger charge is 2.09. The molecule has 0 bridgehead atoms. The number of carbonyl (C=O) groups excluding carboxylic acids is 1. The highest BCUT2D eigenvalue weighted by atomic mass is 16.1. The van der Waals surface area contributed by atoms with Gasteiger partial charge < -0.3 is 10.6 Å². The predicted octanol–water partition coefficient (Wildman–Crippen LogP) is 3.92. The van der Waals surface area contributed by atoms with Crippen LogP contribution in [0.5, 0.6) is 0 Å². The van der Waals surface area contributed by atoms with Gasteiger partial charge in [0, 0.05) is 24.7 Å². The number of fused-ring (bicyclic) bond motifs is 1. The van der Waals surface area contributed by atoms with Gasteiger partial charge in [-0.05, 0) is 35.4 Å². The molecule has 0 saturated carbocycles. The van der Waals surface area contributed by atoms with Crippen LogP contribution in [-0.2, 0) is 0 Å². The summed E-state index contributed by atoms with van der Waals surface area (Å²) in [5.74, 6) is -0.0322. The zero-order valence-corrected chi connectivity index (χ0v) is 13.8. The lowest BCUT2D eigenvalue weighted by Crippen LogP contribution is -2.32. The Hall–Kier alpha value is -2.65. The van der Waals surface area contributed by atoms with Gasteiger partial charge in [-0.3, -0.25) is 4.79 Å². The fraction of sp³-hybridized carbons (Fsp3) is 0.190. The summed E-state index contributed by atoms with van der Waals surface area (Å²) in [5, 5.41) is 8.95. The molecule has 2 N–H and O–H groups in total. The van der Waals surface area contributed by atoms with Gasteiger partial charge in [0.05, 0.1) is 0 Å². The number of amides is 1. The standard InChI is InChI=1S/C21H22N2O/c1-16(19-13-7-11-17-8-5-6-12-20(17)19)22-14-15-23-21(24)18-9-3-2-4-10-18/h2-13,16,22H,14-15H2,1H3,(H,23,24)/t16-/m0/s1. The molecule has 3 heteroatoms. The zero-order chi connectivity index (χ0) is 16.8. The molecule has 3 nitrogen and oxygen atoms in total. The van der Waals surface area contributed by atoms with E-state index in [1.165, 1.54) is 16.3 Å². The molecule has 0 unspecified atom stereocenters. The van der Waals surface area contributed by atoms with Crippen molar-refractivity contribution >= 4 is 16.7 Å². The molecule has 0 spiro atoms. The van der Waals surface area contributed by atoms with Crippen molar-refractivity contribution in [3.63, 3.8) is 0 Å². The Bertz CT molecular complexity index is 809. The van der Waals surface area contributed by atoms with Gasteiger partial charge in [0.15, 0.2) is 0 Å². The van der Waals surface area contributed by atoms with E-state index in [0.29, 0.717) is 12.1 Å². The summed E-state index contributed by atoms with van der Waals surface area (Å²) < 4.78 is 0. The molecule has 0 heterocycles. The minimum Gasteiger partial charge on any atom is -0.351 e. The lowest BCUT2D eigenvalue weighted by molar-refractivity contribution is 0.0953.